The number of aromatic nitrogens is 3. The lowest BCUT2D eigenvalue weighted by molar-refractivity contribution is -0.125. The first-order chi connectivity index (χ1) is 10.2. The van der Waals surface area contributed by atoms with Gasteiger partial charge in [-0.15, -0.1) is 5.10 Å². The Morgan fingerprint density at radius 1 is 1.38 bits per heavy atom. The smallest absolute Gasteiger partial charge is 0.252 e. The lowest BCUT2D eigenvalue weighted by Gasteiger charge is -2.43. The summed E-state index contributed by atoms with van der Waals surface area (Å²) >= 11 is 0. The van der Waals surface area contributed by atoms with Crippen LogP contribution < -0.4 is 5.32 Å². The molecule has 1 amide bonds. The average molecular weight is 281 g/mol. The summed E-state index contributed by atoms with van der Waals surface area (Å²) in [7, 11) is 0. The summed E-state index contributed by atoms with van der Waals surface area (Å²) in [6, 6.07) is 11.9. The molecule has 1 aromatic carbocycles. The van der Waals surface area contributed by atoms with Gasteiger partial charge < -0.3 is 5.32 Å². The second-order valence-electron chi connectivity index (χ2n) is 5.23. The molecule has 1 N–H and O–H groups in total. The van der Waals surface area contributed by atoms with Crippen molar-refractivity contribution in [3.63, 3.8) is 0 Å². The van der Waals surface area contributed by atoms with E-state index in [2.05, 4.69) is 15.4 Å². The van der Waals surface area contributed by atoms with Crippen LogP contribution in [0.3, 0.4) is 0 Å². The first-order valence-corrected chi connectivity index (χ1v) is 6.88. The Morgan fingerprint density at radius 3 is 2.71 bits per heavy atom. The highest BCUT2D eigenvalue weighted by Crippen LogP contribution is 2.41. The number of carbonyl (C=O) groups is 1. The molecule has 1 aliphatic rings. The van der Waals surface area contributed by atoms with Crippen LogP contribution >= 0.6 is 0 Å². The largest absolute Gasteiger partial charge is 0.345 e. The van der Waals surface area contributed by atoms with E-state index in [0.29, 0.717) is 0 Å². The molecule has 21 heavy (non-hydrogen) atoms. The van der Waals surface area contributed by atoms with Gasteiger partial charge in [0.05, 0.1) is 5.54 Å². The molecule has 1 aliphatic carbocycles. The Labute approximate surface area is 122 Å². The van der Waals surface area contributed by atoms with Crippen LogP contribution in [0.25, 0.3) is 0 Å². The zero-order chi connectivity index (χ0) is 14.7. The second-order valence-corrected chi connectivity index (χ2v) is 5.23. The number of hydrogen-bond donors (Lipinski definition) is 1. The number of rotatable bonds is 4. The van der Waals surface area contributed by atoms with Crippen LogP contribution in [0, 0.1) is 11.3 Å². The van der Waals surface area contributed by atoms with Crippen LogP contribution in [-0.2, 0) is 16.9 Å². The van der Waals surface area contributed by atoms with Gasteiger partial charge >= 0.3 is 0 Å². The topological polar surface area (TPSA) is 83.6 Å². The zero-order valence-corrected chi connectivity index (χ0v) is 11.5. The fraction of sp³-hybridized carbons (Fsp3) is 0.333. The highest BCUT2D eigenvalue weighted by molar-refractivity contribution is 5.77. The molecule has 0 saturated heterocycles. The summed E-state index contributed by atoms with van der Waals surface area (Å²) < 4.78 is 1.38. The Balaban J connectivity index is 1.70. The first kappa shape index (κ1) is 13.3. The van der Waals surface area contributed by atoms with E-state index >= 15 is 0 Å². The van der Waals surface area contributed by atoms with Crippen molar-refractivity contribution in [3.8, 4) is 6.07 Å². The van der Waals surface area contributed by atoms with Gasteiger partial charge in [-0.3, -0.25) is 4.79 Å². The SMILES string of the molecule is N#Cc1ncn(CC(=O)NC2(c3ccccc3)CCC2)n1. The maximum atomic E-state index is 12.2. The molecular weight excluding hydrogens is 266 g/mol. The van der Waals surface area contributed by atoms with Gasteiger partial charge in [0.25, 0.3) is 5.82 Å². The molecule has 0 atom stereocenters. The average Bonchev–Trinajstić information content (AvgIpc) is 2.91. The molecule has 6 heteroatoms. The molecular formula is C15H15N5O. The minimum atomic E-state index is -0.253. The standard InChI is InChI=1S/C15H15N5O/c16-9-13-17-11-20(19-13)10-14(21)18-15(7-4-8-15)12-5-2-1-3-6-12/h1-3,5-6,11H,4,7-8,10H2,(H,18,21). The van der Waals surface area contributed by atoms with E-state index in [4.69, 9.17) is 5.26 Å². The van der Waals surface area contributed by atoms with Gasteiger partial charge in [-0.05, 0) is 24.8 Å². The van der Waals surface area contributed by atoms with E-state index in [1.807, 2.05) is 36.4 Å². The maximum Gasteiger partial charge on any atom is 0.252 e. The molecule has 3 rings (SSSR count). The fourth-order valence-electron chi connectivity index (χ4n) is 2.65. The molecule has 6 nitrogen and oxygen atoms in total. The summed E-state index contributed by atoms with van der Waals surface area (Å²) in [4.78, 5) is 16.0. The van der Waals surface area contributed by atoms with Crippen LogP contribution in [0.1, 0.15) is 30.7 Å². The molecule has 0 aliphatic heterocycles. The lowest BCUT2D eigenvalue weighted by Crippen LogP contribution is -2.51. The summed E-state index contributed by atoms with van der Waals surface area (Å²) in [5, 5.41) is 15.7. The summed E-state index contributed by atoms with van der Waals surface area (Å²) in [6.07, 6.45) is 4.40. The van der Waals surface area contributed by atoms with E-state index in [1.165, 1.54) is 11.0 Å². The monoisotopic (exact) mass is 281 g/mol. The third kappa shape index (κ3) is 2.63. The van der Waals surface area contributed by atoms with Crippen molar-refractivity contribution in [1.29, 1.82) is 5.26 Å². The summed E-state index contributed by atoms with van der Waals surface area (Å²) in [5.74, 6) is -0.0443. The fourth-order valence-corrected chi connectivity index (χ4v) is 2.65. The number of nitriles is 1. The molecule has 1 aromatic heterocycles. The minimum absolute atomic E-state index is 0.0727. The normalized spacial score (nSPS) is 15.8. The predicted octanol–water partition coefficient (Wildman–Crippen LogP) is 1.35. The van der Waals surface area contributed by atoms with E-state index in [9.17, 15) is 4.79 Å². The quantitative estimate of drug-likeness (QED) is 0.916. The van der Waals surface area contributed by atoms with E-state index in [-0.39, 0.29) is 23.8 Å². The number of nitrogens with one attached hydrogen (secondary N) is 1. The number of nitrogens with zero attached hydrogens (tertiary/aromatic N) is 4. The Morgan fingerprint density at radius 2 is 2.14 bits per heavy atom. The number of carbonyl (C=O) groups excluding carboxylic acids is 1. The van der Waals surface area contributed by atoms with Gasteiger partial charge in [0.15, 0.2) is 0 Å². The van der Waals surface area contributed by atoms with Gasteiger partial charge in [-0.25, -0.2) is 9.67 Å². The number of hydrogen-bond acceptors (Lipinski definition) is 4. The molecule has 0 radical (unpaired) electrons. The molecule has 2 aromatic rings. The van der Waals surface area contributed by atoms with Crippen molar-refractivity contribution in [2.45, 2.75) is 31.3 Å². The highest BCUT2D eigenvalue weighted by atomic mass is 16.2. The zero-order valence-electron chi connectivity index (χ0n) is 11.5. The van der Waals surface area contributed by atoms with Gasteiger partial charge in [0, 0.05) is 0 Å². The van der Waals surface area contributed by atoms with E-state index < -0.39 is 0 Å². The van der Waals surface area contributed by atoms with Crippen LogP contribution in [0.4, 0.5) is 0 Å². The van der Waals surface area contributed by atoms with Crippen molar-refractivity contribution in [2.24, 2.45) is 0 Å². The lowest BCUT2D eigenvalue weighted by atomic mass is 9.72. The molecule has 0 spiro atoms. The Kier molecular flexibility index (Phi) is 3.40. The van der Waals surface area contributed by atoms with E-state index in [0.717, 1.165) is 24.8 Å². The summed E-state index contributed by atoms with van der Waals surface area (Å²) in [5.41, 5.74) is 0.887. The number of benzene rings is 1. The minimum Gasteiger partial charge on any atom is -0.345 e. The third-order valence-electron chi connectivity index (χ3n) is 3.85. The van der Waals surface area contributed by atoms with Gasteiger partial charge in [0.2, 0.25) is 5.91 Å². The van der Waals surface area contributed by atoms with Crippen molar-refractivity contribution in [3.05, 3.63) is 48.0 Å². The maximum absolute atomic E-state index is 12.2. The third-order valence-corrected chi connectivity index (χ3v) is 3.85. The first-order valence-electron chi connectivity index (χ1n) is 6.88. The molecule has 1 heterocycles. The van der Waals surface area contributed by atoms with Gasteiger partial charge in [-0.2, -0.15) is 5.26 Å². The van der Waals surface area contributed by atoms with Crippen molar-refractivity contribution in [1.82, 2.24) is 20.1 Å². The molecule has 106 valence electrons. The Hall–Kier alpha value is -2.68. The van der Waals surface area contributed by atoms with E-state index in [1.54, 1.807) is 0 Å². The van der Waals surface area contributed by atoms with Gasteiger partial charge in [-0.1, -0.05) is 30.3 Å². The van der Waals surface area contributed by atoms with Crippen LogP contribution in [0.5, 0.6) is 0 Å². The van der Waals surface area contributed by atoms with Crippen LogP contribution in [0.15, 0.2) is 36.7 Å². The van der Waals surface area contributed by atoms with Crippen LogP contribution in [-0.4, -0.2) is 20.7 Å². The molecule has 1 fully saturated rings. The van der Waals surface area contributed by atoms with Crippen LogP contribution in [0.2, 0.25) is 0 Å². The summed E-state index contributed by atoms with van der Waals surface area (Å²) in [6.45, 7) is 0.0727. The highest BCUT2D eigenvalue weighted by Gasteiger charge is 2.39. The molecule has 1 saturated carbocycles. The number of amides is 1. The van der Waals surface area contributed by atoms with Crippen molar-refractivity contribution >= 4 is 5.91 Å². The second kappa shape index (κ2) is 5.37. The van der Waals surface area contributed by atoms with Gasteiger partial charge in [0.1, 0.15) is 18.9 Å². The molecule has 0 bridgehead atoms. The predicted molar refractivity (Wildman–Crippen MR) is 74.9 cm³/mol. The Bertz CT molecular complexity index is 682. The van der Waals surface area contributed by atoms with Crippen molar-refractivity contribution < 1.29 is 4.79 Å². The molecule has 0 unspecified atom stereocenters. The van der Waals surface area contributed by atoms with Crippen molar-refractivity contribution in [2.75, 3.05) is 0 Å².